The molecule has 23 heavy (non-hydrogen) atoms. The number of urea groups is 1. The summed E-state index contributed by atoms with van der Waals surface area (Å²) in [4.78, 5) is 36.8. The molecule has 1 aromatic carbocycles. The number of amides is 4. The van der Waals surface area contributed by atoms with Crippen LogP contribution in [0, 0.1) is 0 Å². The molecule has 0 bridgehead atoms. The van der Waals surface area contributed by atoms with E-state index in [2.05, 4.69) is 10.6 Å². The Labute approximate surface area is 133 Å². The van der Waals surface area contributed by atoms with Gasteiger partial charge < -0.3 is 0 Å². The van der Waals surface area contributed by atoms with Crippen LogP contribution < -0.4 is 10.6 Å². The molecule has 4 amide bonds. The lowest BCUT2D eigenvalue weighted by atomic mass is 9.83. The fraction of sp³-hybridized carbons (Fsp3) is 0.438. The zero-order valence-electron chi connectivity index (χ0n) is 12.7. The first-order chi connectivity index (χ1) is 11.0. The largest absolute Gasteiger partial charge is 0.328 e. The first-order valence-corrected chi connectivity index (χ1v) is 7.79. The van der Waals surface area contributed by atoms with E-state index < -0.39 is 28.0 Å². The van der Waals surface area contributed by atoms with Gasteiger partial charge in [0.05, 0.1) is 0 Å². The Morgan fingerprint density at radius 3 is 2.09 bits per heavy atom. The number of nitrogens with one attached hydrogen (secondary N) is 2. The van der Waals surface area contributed by atoms with Crippen molar-refractivity contribution in [2.75, 3.05) is 13.1 Å². The highest BCUT2D eigenvalue weighted by atomic mass is 16.6. The second-order valence-electron chi connectivity index (χ2n) is 6.19. The Morgan fingerprint density at radius 1 is 0.957 bits per heavy atom. The molecular weight excluding hydrogens is 298 g/mol. The summed E-state index contributed by atoms with van der Waals surface area (Å²) in [6.07, 6.45) is 2.43. The number of piperidine rings is 1. The zero-order chi connectivity index (χ0) is 16.5. The highest BCUT2D eigenvalue weighted by Crippen LogP contribution is 2.33. The van der Waals surface area contributed by atoms with Crippen LogP contribution in [0.3, 0.4) is 0 Å². The van der Waals surface area contributed by atoms with E-state index in [1.807, 2.05) is 18.2 Å². The van der Waals surface area contributed by atoms with Gasteiger partial charge in [0, 0.05) is 6.42 Å². The number of benzene rings is 1. The van der Waals surface area contributed by atoms with Gasteiger partial charge in [0.15, 0.2) is 0 Å². The summed E-state index contributed by atoms with van der Waals surface area (Å²) in [5.41, 5.74) is -0.986. The van der Waals surface area contributed by atoms with Gasteiger partial charge >= 0.3 is 17.8 Å². The van der Waals surface area contributed by atoms with E-state index in [9.17, 15) is 19.6 Å². The van der Waals surface area contributed by atoms with Crippen LogP contribution in [0.4, 0.5) is 4.79 Å². The molecule has 7 nitrogen and oxygen atoms in total. The first kappa shape index (κ1) is 15.6. The van der Waals surface area contributed by atoms with Gasteiger partial charge in [0.1, 0.15) is 13.1 Å². The molecule has 2 saturated heterocycles. The quantitative estimate of drug-likeness (QED) is 0.565. The third-order valence-corrected chi connectivity index (χ3v) is 4.77. The molecule has 2 aliphatic rings. The number of nitrogens with zero attached hydrogens (tertiary/aromatic N) is 1. The Hall–Kier alpha value is -2.25. The second kappa shape index (κ2) is 5.75. The van der Waals surface area contributed by atoms with Crippen LogP contribution in [0.2, 0.25) is 0 Å². The van der Waals surface area contributed by atoms with Crippen molar-refractivity contribution in [3.05, 3.63) is 35.9 Å². The van der Waals surface area contributed by atoms with E-state index >= 15 is 0 Å². The Kier molecular flexibility index (Phi) is 3.91. The lowest BCUT2D eigenvalue weighted by Crippen LogP contribution is -2.80. The lowest BCUT2D eigenvalue weighted by Gasteiger charge is -2.47. The molecule has 0 aromatic heterocycles. The fourth-order valence-electron chi connectivity index (χ4n) is 3.54. The van der Waals surface area contributed by atoms with Crippen LogP contribution in [0.15, 0.2) is 30.3 Å². The van der Waals surface area contributed by atoms with Gasteiger partial charge in [-0.15, -0.1) is 0 Å². The van der Waals surface area contributed by atoms with Crippen molar-refractivity contribution in [3.63, 3.8) is 0 Å². The monoisotopic (exact) mass is 318 g/mol. The number of quaternary nitrogens is 1. The number of barbiturate groups is 1. The topological polar surface area (TPSA) is 95.5 Å². The second-order valence-corrected chi connectivity index (χ2v) is 6.19. The smallest absolute Gasteiger partial charge is 0.272 e. The van der Waals surface area contributed by atoms with Gasteiger partial charge in [-0.1, -0.05) is 30.3 Å². The maximum Gasteiger partial charge on any atom is 0.328 e. The summed E-state index contributed by atoms with van der Waals surface area (Å²) in [5.74, 6) is -1.47. The van der Waals surface area contributed by atoms with E-state index in [1.54, 1.807) is 12.1 Å². The zero-order valence-corrected chi connectivity index (χ0v) is 12.7. The Morgan fingerprint density at radius 2 is 1.52 bits per heavy atom. The SMILES string of the molecule is O=C1NC(=O)C(Cc2ccccc2)([N+]2(O)CCCCC2)C(=O)N1. The number of hydrogen-bond donors (Lipinski definition) is 3. The molecule has 122 valence electrons. The van der Waals surface area contributed by atoms with Crippen LogP contribution in [0.1, 0.15) is 24.8 Å². The fourth-order valence-corrected chi connectivity index (χ4v) is 3.54. The van der Waals surface area contributed by atoms with Crippen molar-refractivity contribution in [3.8, 4) is 0 Å². The minimum Gasteiger partial charge on any atom is -0.272 e. The Balaban J connectivity index is 2.07. The average Bonchev–Trinajstić information content (AvgIpc) is 2.52. The third kappa shape index (κ3) is 2.51. The van der Waals surface area contributed by atoms with Crippen molar-refractivity contribution in [1.82, 2.24) is 10.6 Å². The molecule has 1 aromatic rings. The summed E-state index contributed by atoms with van der Waals surface area (Å²) in [5, 5.41) is 15.5. The van der Waals surface area contributed by atoms with E-state index in [0.29, 0.717) is 13.1 Å². The molecule has 2 heterocycles. The molecule has 2 aliphatic heterocycles. The van der Waals surface area contributed by atoms with Crippen molar-refractivity contribution >= 4 is 17.8 Å². The predicted molar refractivity (Wildman–Crippen MR) is 80.2 cm³/mol. The average molecular weight is 318 g/mol. The van der Waals surface area contributed by atoms with E-state index in [0.717, 1.165) is 24.8 Å². The number of carbonyl (C=O) groups excluding carboxylic acids is 3. The number of hydrogen-bond acceptors (Lipinski definition) is 4. The molecule has 0 radical (unpaired) electrons. The number of likely N-dealkylation sites (tertiary alicyclic amines) is 1. The summed E-state index contributed by atoms with van der Waals surface area (Å²) >= 11 is 0. The third-order valence-electron chi connectivity index (χ3n) is 4.77. The van der Waals surface area contributed by atoms with Crippen LogP contribution in [0.5, 0.6) is 0 Å². The molecule has 2 fully saturated rings. The van der Waals surface area contributed by atoms with Crippen molar-refractivity contribution in [1.29, 1.82) is 0 Å². The summed E-state index contributed by atoms with van der Waals surface area (Å²) in [7, 11) is 0. The van der Waals surface area contributed by atoms with E-state index in [4.69, 9.17) is 0 Å². The lowest BCUT2D eigenvalue weighted by molar-refractivity contribution is -1.13. The summed E-state index contributed by atoms with van der Waals surface area (Å²) < 4.78 is -0.660. The molecule has 3 rings (SSSR count). The maximum atomic E-state index is 12.7. The van der Waals surface area contributed by atoms with Crippen molar-refractivity contribution in [2.24, 2.45) is 0 Å². The molecule has 0 atom stereocenters. The van der Waals surface area contributed by atoms with E-state index in [1.165, 1.54) is 0 Å². The van der Waals surface area contributed by atoms with Gasteiger partial charge in [-0.25, -0.2) is 10.0 Å². The van der Waals surface area contributed by atoms with Crippen LogP contribution in [-0.2, 0) is 16.0 Å². The number of rotatable bonds is 3. The minimum absolute atomic E-state index is 0.0370. The van der Waals surface area contributed by atoms with E-state index in [-0.39, 0.29) is 6.42 Å². The first-order valence-electron chi connectivity index (χ1n) is 7.79. The minimum atomic E-state index is -1.74. The van der Waals surface area contributed by atoms with Crippen molar-refractivity contribution < 1.29 is 24.2 Å². The predicted octanol–water partition coefficient (Wildman–Crippen LogP) is 0.724. The van der Waals surface area contributed by atoms with Crippen LogP contribution >= 0.6 is 0 Å². The number of hydroxylamine groups is 3. The molecule has 0 aliphatic carbocycles. The standard InChI is InChI=1S/C16H19N3O4/c20-13-16(14(21)18-15(22)17-13,11-12-7-3-1-4-8-12)19(23)9-5-2-6-10-19/h1,3-4,7-8,23H,2,5-6,9-11H2,(H-,17,18,20,21,22)/p+1. The Bertz CT molecular complexity index is 618. The number of imide groups is 2. The van der Waals surface area contributed by atoms with Gasteiger partial charge in [0.2, 0.25) is 0 Å². The molecule has 0 saturated carbocycles. The van der Waals surface area contributed by atoms with Crippen LogP contribution in [-0.4, -0.2) is 46.3 Å². The van der Waals surface area contributed by atoms with Gasteiger partial charge in [-0.2, -0.15) is 4.65 Å². The highest BCUT2D eigenvalue weighted by molar-refractivity contribution is 6.21. The van der Waals surface area contributed by atoms with Crippen molar-refractivity contribution in [2.45, 2.75) is 31.2 Å². The molecule has 3 N–H and O–H groups in total. The summed E-state index contributed by atoms with van der Waals surface area (Å²) in [6.45, 7) is 0.615. The number of carbonyl (C=O) groups is 3. The van der Waals surface area contributed by atoms with Gasteiger partial charge in [0.25, 0.3) is 5.54 Å². The van der Waals surface area contributed by atoms with Gasteiger partial charge in [-0.3, -0.25) is 20.2 Å². The van der Waals surface area contributed by atoms with Gasteiger partial charge in [-0.05, 0) is 24.8 Å². The van der Waals surface area contributed by atoms with Crippen LogP contribution in [0.25, 0.3) is 0 Å². The summed E-state index contributed by atoms with van der Waals surface area (Å²) in [6, 6.07) is 8.22. The maximum absolute atomic E-state index is 12.7. The normalized spacial score (nSPS) is 23.1. The molecule has 7 heteroatoms. The highest BCUT2D eigenvalue weighted by Gasteiger charge is 2.65. The molecule has 0 unspecified atom stereocenters. The molecule has 0 spiro atoms. The molecular formula is C16H20N3O4+.